The van der Waals surface area contributed by atoms with Crippen molar-refractivity contribution in [3.8, 4) is 11.5 Å². The van der Waals surface area contributed by atoms with Crippen molar-refractivity contribution in [1.29, 1.82) is 0 Å². The summed E-state index contributed by atoms with van der Waals surface area (Å²) in [5.41, 5.74) is 11.9. The number of phenols is 2. The third-order valence-corrected chi connectivity index (χ3v) is 8.99. The fourth-order valence-electron chi connectivity index (χ4n) is 5.99. The highest BCUT2D eigenvalue weighted by molar-refractivity contribution is 6.00. The molecule has 10 heteroatoms. The van der Waals surface area contributed by atoms with Crippen molar-refractivity contribution in [3.63, 3.8) is 0 Å². The van der Waals surface area contributed by atoms with Gasteiger partial charge in [-0.05, 0) is 74.6 Å². The summed E-state index contributed by atoms with van der Waals surface area (Å²) >= 11 is 0. The van der Waals surface area contributed by atoms with E-state index in [4.69, 9.17) is 0 Å². The van der Waals surface area contributed by atoms with Crippen molar-refractivity contribution >= 4 is 23.6 Å². The molecule has 2 rings (SSSR count). The highest BCUT2D eigenvalue weighted by Crippen LogP contribution is 2.25. The van der Waals surface area contributed by atoms with Crippen molar-refractivity contribution in [2.24, 2.45) is 11.8 Å². The molecule has 0 heterocycles. The Labute approximate surface area is 286 Å². The quantitative estimate of drug-likeness (QED) is 0.0612. The molecule has 0 aliphatic heterocycles. The van der Waals surface area contributed by atoms with Crippen LogP contribution in [0.4, 0.5) is 0 Å². The van der Waals surface area contributed by atoms with E-state index in [2.05, 4.69) is 35.6 Å². The van der Waals surface area contributed by atoms with Gasteiger partial charge in [0.15, 0.2) is 0 Å². The third-order valence-electron chi connectivity index (χ3n) is 8.99. The molecule has 266 valence electrons. The Morgan fingerprint density at radius 2 is 0.938 bits per heavy atom. The predicted octanol–water partition coefficient (Wildman–Crippen LogP) is 7.18. The Hall–Kier alpha value is -4.08. The number of hydrogen-bond acceptors (Lipinski definition) is 6. The van der Waals surface area contributed by atoms with Gasteiger partial charge >= 0.3 is 0 Å². The van der Waals surface area contributed by atoms with Gasteiger partial charge in [0.2, 0.25) is 11.8 Å². The number of phenolic OH excluding ortho intramolecular Hbond substituents is 2. The van der Waals surface area contributed by atoms with Crippen LogP contribution in [0.3, 0.4) is 0 Å². The van der Waals surface area contributed by atoms with Crippen LogP contribution in [-0.2, 0) is 22.4 Å². The van der Waals surface area contributed by atoms with Gasteiger partial charge in [-0.25, -0.2) is 0 Å². The summed E-state index contributed by atoms with van der Waals surface area (Å²) in [4.78, 5) is 51.7. The van der Waals surface area contributed by atoms with E-state index in [1.54, 1.807) is 12.1 Å². The van der Waals surface area contributed by atoms with Crippen molar-refractivity contribution in [2.45, 2.75) is 130 Å². The minimum atomic E-state index is -0.545. The van der Waals surface area contributed by atoms with Crippen LogP contribution in [0.5, 0.6) is 11.5 Å². The van der Waals surface area contributed by atoms with E-state index in [-0.39, 0.29) is 46.3 Å². The Morgan fingerprint density at radius 1 is 0.542 bits per heavy atom. The largest absolute Gasteiger partial charge is 0.507 e. The van der Waals surface area contributed by atoms with Crippen LogP contribution in [0.15, 0.2) is 36.4 Å². The Bertz CT molecular complexity index is 1210. The molecule has 0 bridgehead atoms. The normalized spacial score (nSPS) is 12.2. The molecule has 48 heavy (non-hydrogen) atoms. The first-order chi connectivity index (χ1) is 23.2. The first kappa shape index (κ1) is 40.1. The lowest BCUT2D eigenvalue weighted by molar-refractivity contribution is -0.127. The van der Waals surface area contributed by atoms with E-state index in [1.165, 1.54) is 12.1 Å². The van der Waals surface area contributed by atoms with Gasteiger partial charge in [0.1, 0.15) is 11.5 Å². The SMILES string of the molecule is CCCCCCc1cccc(O)c1C(=O)NNC(=O)C(CC)CCCCC(CC)C(=O)NNC(=O)c1c(O)cccc1CCCCCC. The van der Waals surface area contributed by atoms with Crippen LogP contribution >= 0.6 is 0 Å². The summed E-state index contributed by atoms with van der Waals surface area (Å²) in [7, 11) is 0. The number of hydrogen-bond donors (Lipinski definition) is 6. The van der Waals surface area contributed by atoms with Crippen molar-refractivity contribution < 1.29 is 29.4 Å². The second-order valence-corrected chi connectivity index (χ2v) is 12.6. The number of aromatic hydroxyl groups is 2. The average Bonchev–Trinajstić information content (AvgIpc) is 3.08. The van der Waals surface area contributed by atoms with Crippen molar-refractivity contribution in [1.82, 2.24) is 21.7 Å². The number of rotatable bonds is 21. The molecule has 0 saturated carbocycles. The lowest BCUT2D eigenvalue weighted by Gasteiger charge is -2.18. The van der Waals surface area contributed by atoms with Crippen LogP contribution in [0.1, 0.15) is 149 Å². The average molecular weight is 667 g/mol. The van der Waals surface area contributed by atoms with E-state index in [9.17, 15) is 29.4 Å². The van der Waals surface area contributed by atoms with Crippen molar-refractivity contribution in [2.75, 3.05) is 0 Å². The Kier molecular flexibility index (Phi) is 18.8. The van der Waals surface area contributed by atoms with E-state index in [0.717, 1.165) is 62.5 Å². The van der Waals surface area contributed by atoms with E-state index in [1.807, 2.05) is 26.0 Å². The maximum absolute atomic E-state index is 12.9. The third kappa shape index (κ3) is 13.2. The first-order valence-corrected chi connectivity index (χ1v) is 18.0. The van der Waals surface area contributed by atoms with Gasteiger partial charge in [-0.15, -0.1) is 0 Å². The molecule has 6 N–H and O–H groups in total. The van der Waals surface area contributed by atoms with Crippen molar-refractivity contribution in [3.05, 3.63) is 58.7 Å². The standard InChI is InChI=1S/C38H58N4O6/c1-5-9-11-13-21-29-23-17-25-31(43)33(29)37(47)41-39-35(45)27(7-3)19-15-16-20-28(8-4)36(46)40-42-38(48)34-30(22-14-12-10-6-2)24-18-26-32(34)44/h17-18,23-28,43-44H,5-16,19-22H2,1-4H3,(H,39,45)(H,40,46)(H,41,47)(H,42,48). The number of carbonyl (C=O) groups excluding carboxylic acids is 4. The van der Waals surface area contributed by atoms with Gasteiger partial charge in [-0.3, -0.25) is 40.9 Å². The number of nitrogens with one attached hydrogen (secondary N) is 4. The molecule has 0 aliphatic carbocycles. The lowest BCUT2D eigenvalue weighted by Crippen LogP contribution is -2.45. The number of unbranched alkanes of at least 4 members (excludes halogenated alkanes) is 7. The topological polar surface area (TPSA) is 157 Å². The molecule has 0 spiro atoms. The zero-order valence-electron chi connectivity index (χ0n) is 29.5. The van der Waals surface area contributed by atoms with Gasteiger partial charge in [0.25, 0.3) is 11.8 Å². The maximum Gasteiger partial charge on any atom is 0.273 e. The molecule has 2 aromatic rings. The van der Waals surface area contributed by atoms with E-state index in [0.29, 0.717) is 51.4 Å². The summed E-state index contributed by atoms with van der Waals surface area (Å²) < 4.78 is 0. The van der Waals surface area contributed by atoms with Crippen LogP contribution in [-0.4, -0.2) is 33.8 Å². The number of aryl methyl sites for hydroxylation is 2. The molecule has 0 saturated heterocycles. The zero-order chi connectivity index (χ0) is 35.3. The number of hydrazine groups is 2. The van der Waals surface area contributed by atoms with Gasteiger partial charge in [0, 0.05) is 11.8 Å². The number of carbonyl (C=O) groups is 4. The second-order valence-electron chi connectivity index (χ2n) is 12.6. The molecule has 0 radical (unpaired) electrons. The van der Waals surface area contributed by atoms with E-state index < -0.39 is 11.8 Å². The fraction of sp³-hybridized carbons (Fsp3) is 0.579. The molecule has 2 unspecified atom stereocenters. The fourth-order valence-corrected chi connectivity index (χ4v) is 5.99. The van der Waals surface area contributed by atoms with E-state index >= 15 is 0 Å². The first-order valence-electron chi connectivity index (χ1n) is 18.0. The number of benzene rings is 2. The smallest absolute Gasteiger partial charge is 0.273 e. The zero-order valence-corrected chi connectivity index (χ0v) is 29.5. The molecule has 2 atom stereocenters. The highest BCUT2D eigenvalue weighted by atomic mass is 16.3. The maximum atomic E-state index is 12.9. The number of amides is 4. The van der Waals surface area contributed by atoms with Gasteiger partial charge in [-0.2, -0.15) is 0 Å². The lowest BCUT2D eigenvalue weighted by atomic mass is 9.94. The molecule has 4 amide bonds. The van der Waals surface area contributed by atoms with Crippen LogP contribution in [0.2, 0.25) is 0 Å². The monoisotopic (exact) mass is 666 g/mol. The summed E-state index contributed by atoms with van der Waals surface area (Å²) in [6.45, 7) is 8.09. The Balaban J connectivity index is 1.82. The predicted molar refractivity (Wildman–Crippen MR) is 189 cm³/mol. The summed E-state index contributed by atoms with van der Waals surface area (Å²) in [6.07, 6.45) is 13.4. The highest BCUT2D eigenvalue weighted by Gasteiger charge is 2.22. The molecule has 10 nitrogen and oxygen atoms in total. The van der Waals surface area contributed by atoms with Crippen LogP contribution in [0.25, 0.3) is 0 Å². The summed E-state index contributed by atoms with van der Waals surface area (Å²) in [5, 5.41) is 20.8. The summed E-state index contributed by atoms with van der Waals surface area (Å²) in [5.74, 6) is -2.57. The molecule has 2 aromatic carbocycles. The minimum absolute atomic E-state index is 0.114. The van der Waals surface area contributed by atoms with Gasteiger partial charge in [-0.1, -0.05) is 103 Å². The molecular formula is C38H58N4O6. The minimum Gasteiger partial charge on any atom is -0.507 e. The molecular weight excluding hydrogens is 608 g/mol. The molecule has 0 fully saturated rings. The van der Waals surface area contributed by atoms with Crippen LogP contribution < -0.4 is 21.7 Å². The Morgan fingerprint density at radius 3 is 1.29 bits per heavy atom. The summed E-state index contributed by atoms with van der Waals surface area (Å²) in [6, 6.07) is 10.0. The van der Waals surface area contributed by atoms with Gasteiger partial charge < -0.3 is 10.2 Å². The van der Waals surface area contributed by atoms with Crippen LogP contribution in [0, 0.1) is 11.8 Å². The van der Waals surface area contributed by atoms with Gasteiger partial charge in [0.05, 0.1) is 11.1 Å². The molecule has 0 aliphatic rings. The molecule has 0 aromatic heterocycles. The second kappa shape index (κ2) is 22.5.